The van der Waals surface area contributed by atoms with Gasteiger partial charge in [-0.05, 0) is 68.0 Å². The highest BCUT2D eigenvalue weighted by atomic mass is 16.2. The van der Waals surface area contributed by atoms with Crippen LogP contribution in [0.25, 0.3) is 11.2 Å². The summed E-state index contributed by atoms with van der Waals surface area (Å²) in [5, 5.41) is 0. The van der Waals surface area contributed by atoms with E-state index in [9.17, 15) is 9.59 Å². The number of fused-ring (bicyclic) bond motifs is 3. The van der Waals surface area contributed by atoms with E-state index in [1.165, 1.54) is 20.3 Å². The molecule has 2 aromatic carbocycles. The Hall–Kier alpha value is -3.61. The average Bonchev–Trinajstić information content (AvgIpc) is 3.15. The number of aryl methyl sites for hydroxylation is 5. The van der Waals surface area contributed by atoms with Crippen molar-refractivity contribution in [1.29, 1.82) is 0 Å². The lowest BCUT2D eigenvalue weighted by Crippen LogP contribution is -2.40. The number of hydrogen-bond donors (Lipinski definition) is 0. The van der Waals surface area contributed by atoms with Crippen LogP contribution < -0.4 is 16.1 Å². The van der Waals surface area contributed by atoms with Gasteiger partial charge in [0.15, 0.2) is 11.2 Å². The van der Waals surface area contributed by atoms with Crippen molar-refractivity contribution in [3.05, 3.63) is 85.1 Å². The predicted octanol–water partition coefficient (Wildman–Crippen LogP) is 3.97. The molecule has 1 atom stereocenters. The number of nitrogens with zero attached hydrogens (tertiary/aromatic N) is 5. The highest BCUT2D eigenvalue weighted by molar-refractivity contribution is 5.77. The minimum Gasteiger partial charge on any atom is -0.312 e. The van der Waals surface area contributed by atoms with Gasteiger partial charge in [0.1, 0.15) is 0 Å². The maximum absolute atomic E-state index is 13.8. The highest BCUT2D eigenvalue weighted by Crippen LogP contribution is 2.33. The summed E-state index contributed by atoms with van der Waals surface area (Å²) in [5.41, 5.74) is 6.85. The van der Waals surface area contributed by atoms with Gasteiger partial charge in [-0.1, -0.05) is 36.8 Å². The molecule has 1 aliphatic heterocycles. The van der Waals surface area contributed by atoms with Crippen LogP contribution in [0.3, 0.4) is 0 Å². The number of anilines is 2. The molecule has 5 rings (SSSR count). The first kappa shape index (κ1) is 22.2. The lowest BCUT2D eigenvalue weighted by molar-refractivity contribution is 0.458. The van der Waals surface area contributed by atoms with Crippen molar-refractivity contribution in [3.8, 4) is 0 Å². The first-order chi connectivity index (χ1) is 16.1. The van der Waals surface area contributed by atoms with Crippen molar-refractivity contribution in [2.75, 3.05) is 11.4 Å². The van der Waals surface area contributed by atoms with Crippen molar-refractivity contribution >= 4 is 22.8 Å². The Bertz CT molecular complexity index is 1540. The Kier molecular flexibility index (Phi) is 5.23. The summed E-state index contributed by atoms with van der Waals surface area (Å²) in [5.74, 6) is 1.03. The molecule has 0 bridgehead atoms. The number of hydrogen-bond acceptors (Lipinski definition) is 4. The van der Waals surface area contributed by atoms with Crippen molar-refractivity contribution in [1.82, 2.24) is 18.7 Å². The molecule has 0 saturated carbocycles. The summed E-state index contributed by atoms with van der Waals surface area (Å²) < 4.78 is 4.86. The van der Waals surface area contributed by atoms with Gasteiger partial charge in [-0.3, -0.25) is 13.9 Å². The Morgan fingerprint density at radius 1 is 0.941 bits per heavy atom. The Balaban J connectivity index is 1.73. The molecule has 0 N–H and O–H groups in total. The lowest BCUT2D eigenvalue weighted by Gasteiger charge is -2.33. The largest absolute Gasteiger partial charge is 0.332 e. The lowest BCUT2D eigenvalue weighted by atomic mass is 10.1. The van der Waals surface area contributed by atoms with Gasteiger partial charge >= 0.3 is 5.69 Å². The molecule has 34 heavy (non-hydrogen) atoms. The Morgan fingerprint density at radius 3 is 2.35 bits per heavy atom. The minimum absolute atomic E-state index is 0.242. The molecule has 2 aromatic heterocycles. The quantitative estimate of drug-likeness (QED) is 0.467. The van der Waals surface area contributed by atoms with Crippen LogP contribution in [0.15, 0.2) is 46.0 Å². The molecule has 0 saturated heterocycles. The second-order valence-electron chi connectivity index (χ2n) is 9.92. The highest BCUT2D eigenvalue weighted by Gasteiger charge is 2.30. The standard InChI is InChI=1S/C27H31N5O2/c1-16-7-8-20(5)21(10-16)15-32-25(33)23-24(29(6)27(32)34)28-26-30(13-19(4)14-31(23)26)22-11-17(2)9-18(3)12-22/h7-12,19H,13-15H2,1-6H3/t19-/m1/s1. The molecule has 1 aliphatic rings. The molecule has 0 radical (unpaired) electrons. The van der Waals surface area contributed by atoms with Crippen molar-refractivity contribution < 1.29 is 0 Å². The van der Waals surface area contributed by atoms with E-state index in [1.807, 2.05) is 36.6 Å². The van der Waals surface area contributed by atoms with Gasteiger partial charge < -0.3 is 9.47 Å². The molecule has 0 fully saturated rings. The van der Waals surface area contributed by atoms with Crippen LogP contribution in [0.2, 0.25) is 0 Å². The summed E-state index contributed by atoms with van der Waals surface area (Å²) >= 11 is 0. The predicted molar refractivity (Wildman–Crippen MR) is 136 cm³/mol. The molecule has 7 heteroatoms. The number of aromatic nitrogens is 4. The minimum atomic E-state index is -0.347. The van der Waals surface area contributed by atoms with Gasteiger partial charge in [0.2, 0.25) is 5.95 Å². The fraction of sp³-hybridized carbons (Fsp3) is 0.370. The van der Waals surface area contributed by atoms with E-state index in [1.54, 1.807) is 7.05 Å². The normalized spacial score (nSPS) is 15.7. The van der Waals surface area contributed by atoms with Crippen molar-refractivity contribution in [2.24, 2.45) is 13.0 Å². The van der Waals surface area contributed by atoms with E-state index in [0.29, 0.717) is 23.6 Å². The number of rotatable bonds is 3. The first-order valence-electron chi connectivity index (χ1n) is 11.8. The second-order valence-corrected chi connectivity index (χ2v) is 9.92. The second kappa shape index (κ2) is 8.01. The van der Waals surface area contributed by atoms with Crippen LogP contribution in [0.5, 0.6) is 0 Å². The zero-order valence-electron chi connectivity index (χ0n) is 20.7. The molecule has 0 amide bonds. The topological polar surface area (TPSA) is 65.1 Å². The SMILES string of the molecule is Cc1cc(C)cc(N2C[C@@H](C)Cn3c2nc2c3c(=O)n(Cc3cc(C)ccc3C)c(=O)n2C)c1. The monoisotopic (exact) mass is 457 g/mol. The maximum Gasteiger partial charge on any atom is 0.332 e. The van der Waals surface area contributed by atoms with Crippen molar-refractivity contribution in [3.63, 3.8) is 0 Å². The zero-order chi connectivity index (χ0) is 24.3. The molecule has 4 aromatic rings. The van der Waals surface area contributed by atoms with Gasteiger partial charge in [-0.25, -0.2) is 4.79 Å². The summed E-state index contributed by atoms with van der Waals surface area (Å²) in [4.78, 5) is 34.1. The smallest absolute Gasteiger partial charge is 0.312 e. The maximum atomic E-state index is 13.8. The Morgan fingerprint density at radius 2 is 1.65 bits per heavy atom. The van der Waals surface area contributed by atoms with Crippen molar-refractivity contribution in [2.45, 2.75) is 47.7 Å². The van der Waals surface area contributed by atoms with Crippen LogP contribution in [-0.4, -0.2) is 25.2 Å². The molecule has 176 valence electrons. The molecule has 7 nitrogen and oxygen atoms in total. The number of benzene rings is 2. The fourth-order valence-electron chi connectivity index (χ4n) is 5.11. The average molecular weight is 458 g/mol. The molecular weight excluding hydrogens is 426 g/mol. The summed E-state index contributed by atoms with van der Waals surface area (Å²) in [6.07, 6.45) is 0. The summed E-state index contributed by atoms with van der Waals surface area (Å²) in [6, 6.07) is 12.6. The fourth-order valence-corrected chi connectivity index (χ4v) is 5.11. The summed E-state index contributed by atoms with van der Waals surface area (Å²) in [6.45, 7) is 12.1. The van der Waals surface area contributed by atoms with Crippen LogP contribution in [-0.2, 0) is 20.1 Å². The van der Waals surface area contributed by atoms with E-state index in [-0.39, 0.29) is 17.8 Å². The third-order valence-electron chi connectivity index (χ3n) is 6.79. The molecule has 0 aliphatic carbocycles. The van der Waals surface area contributed by atoms with Gasteiger partial charge in [0.25, 0.3) is 5.56 Å². The molecular formula is C27H31N5O2. The van der Waals surface area contributed by atoms with Gasteiger partial charge in [0, 0.05) is 25.8 Å². The first-order valence-corrected chi connectivity index (χ1v) is 11.8. The van der Waals surface area contributed by atoms with Crippen LogP contribution in [0, 0.1) is 33.6 Å². The van der Waals surface area contributed by atoms with E-state index in [0.717, 1.165) is 34.9 Å². The zero-order valence-corrected chi connectivity index (χ0v) is 20.7. The van der Waals surface area contributed by atoms with Gasteiger partial charge in [-0.2, -0.15) is 4.98 Å². The molecule has 0 spiro atoms. The van der Waals surface area contributed by atoms with E-state index in [4.69, 9.17) is 4.98 Å². The van der Waals surface area contributed by atoms with E-state index in [2.05, 4.69) is 43.9 Å². The summed E-state index contributed by atoms with van der Waals surface area (Å²) in [7, 11) is 1.70. The van der Waals surface area contributed by atoms with E-state index < -0.39 is 0 Å². The third-order valence-corrected chi connectivity index (χ3v) is 6.79. The third kappa shape index (κ3) is 3.56. The molecule has 3 heterocycles. The van der Waals surface area contributed by atoms with E-state index >= 15 is 0 Å². The van der Waals surface area contributed by atoms with Crippen LogP contribution in [0.4, 0.5) is 11.6 Å². The van der Waals surface area contributed by atoms with Gasteiger partial charge in [0.05, 0.1) is 6.54 Å². The Labute approximate surface area is 198 Å². The van der Waals surface area contributed by atoms with Gasteiger partial charge in [-0.15, -0.1) is 0 Å². The number of imidazole rings is 1. The molecule has 0 unspecified atom stereocenters. The van der Waals surface area contributed by atoms with Crippen LogP contribution in [0.1, 0.15) is 34.7 Å². The van der Waals surface area contributed by atoms with Crippen LogP contribution >= 0.6 is 0 Å².